The van der Waals surface area contributed by atoms with Crippen LogP contribution in [-0.2, 0) is 22.3 Å². The van der Waals surface area contributed by atoms with Gasteiger partial charge >= 0.3 is 0 Å². The van der Waals surface area contributed by atoms with Crippen LogP contribution in [0.2, 0.25) is 0 Å². The first kappa shape index (κ1) is 18.0. The van der Waals surface area contributed by atoms with Crippen LogP contribution in [0.5, 0.6) is 0 Å². The molecule has 0 spiro atoms. The van der Waals surface area contributed by atoms with Crippen molar-refractivity contribution in [2.75, 3.05) is 6.54 Å². The zero-order chi connectivity index (χ0) is 18.4. The number of nitrogens with zero attached hydrogens (tertiary/aromatic N) is 2. The van der Waals surface area contributed by atoms with Gasteiger partial charge in [-0.1, -0.05) is 60.7 Å². The van der Waals surface area contributed by atoms with Crippen molar-refractivity contribution in [3.8, 4) is 11.3 Å². The van der Waals surface area contributed by atoms with Crippen molar-refractivity contribution in [1.82, 2.24) is 14.5 Å². The Morgan fingerprint density at radius 3 is 2.23 bits per heavy atom. The van der Waals surface area contributed by atoms with Gasteiger partial charge in [0, 0.05) is 18.2 Å². The third-order valence-corrected chi connectivity index (χ3v) is 5.14. The highest BCUT2D eigenvalue weighted by Gasteiger charge is 2.11. The standard InChI is InChI=1S/C19H19N3O3S/c23-19-12-11-18(17-9-5-2-6-10-17)21-22(19)14-13-20-26(24,25)15-16-7-3-1-4-8-16/h1-12,20H,13-15H2. The van der Waals surface area contributed by atoms with Crippen LogP contribution in [0.3, 0.4) is 0 Å². The maximum absolute atomic E-state index is 12.1. The van der Waals surface area contributed by atoms with Gasteiger partial charge in [-0.3, -0.25) is 4.79 Å². The van der Waals surface area contributed by atoms with Gasteiger partial charge in [0.1, 0.15) is 0 Å². The van der Waals surface area contributed by atoms with Gasteiger partial charge in [0.05, 0.1) is 18.0 Å². The molecule has 1 heterocycles. The summed E-state index contributed by atoms with van der Waals surface area (Å²) in [5.74, 6) is -0.0970. The Morgan fingerprint density at radius 1 is 0.885 bits per heavy atom. The number of rotatable bonds is 7. The topological polar surface area (TPSA) is 81.1 Å². The minimum Gasteiger partial charge on any atom is -0.268 e. The molecule has 0 saturated heterocycles. The molecule has 0 bridgehead atoms. The molecule has 134 valence electrons. The molecule has 3 aromatic rings. The molecule has 1 N–H and O–H groups in total. The molecule has 1 aromatic heterocycles. The van der Waals surface area contributed by atoms with Crippen molar-refractivity contribution in [2.45, 2.75) is 12.3 Å². The van der Waals surface area contributed by atoms with E-state index in [0.29, 0.717) is 11.3 Å². The van der Waals surface area contributed by atoms with E-state index in [4.69, 9.17) is 0 Å². The molecule has 7 heteroatoms. The largest absolute Gasteiger partial charge is 0.268 e. The predicted octanol–water partition coefficient (Wildman–Crippen LogP) is 2.03. The first-order chi connectivity index (χ1) is 12.5. The second kappa shape index (κ2) is 8.07. The molecule has 0 fully saturated rings. The number of hydrogen-bond donors (Lipinski definition) is 1. The average molecular weight is 369 g/mol. The lowest BCUT2D eigenvalue weighted by Gasteiger charge is -2.09. The SMILES string of the molecule is O=c1ccc(-c2ccccc2)nn1CCNS(=O)(=O)Cc1ccccc1. The molecule has 0 radical (unpaired) electrons. The third kappa shape index (κ3) is 4.87. The first-order valence-electron chi connectivity index (χ1n) is 8.18. The summed E-state index contributed by atoms with van der Waals surface area (Å²) in [6, 6.07) is 21.5. The fraction of sp³-hybridized carbons (Fsp3) is 0.158. The molecule has 0 amide bonds. The van der Waals surface area contributed by atoms with Crippen molar-refractivity contribution in [1.29, 1.82) is 0 Å². The lowest BCUT2D eigenvalue weighted by Crippen LogP contribution is -2.32. The molecule has 6 nitrogen and oxygen atoms in total. The van der Waals surface area contributed by atoms with E-state index < -0.39 is 10.0 Å². The van der Waals surface area contributed by atoms with Crippen LogP contribution in [0.4, 0.5) is 0 Å². The molecular formula is C19H19N3O3S. The van der Waals surface area contributed by atoms with Gasteiger partial charge in [0.2, 0.25) is 10.0 Å². The van der Waals surface area contributed by atoms with Gasteiger partial charge in [-0.2, -0.15) is 5.10 Å². The highest BCUT2D eigenvalue weighted by molar-refractivity contribution is 7.88. The maximum Gasteiger partial charge on any atom is 0.266 e. The molecule has 0 aliphatic carbocycles. The lowest BCUT2D eigenvalue weighted by atomic mass is 10.1. The number of benzene rings is 2. The summed E-state index contributed by atoms with van der Waals surface area (Å²) in [7, 11) is -3.47. The summed E-state index contributed by atoms with van der Waals surface area (Å²) in [4.78, 5) is 12.0. The van der Waals surface area contributed by atoms with Gasteiger partial charge in [0.25, 0.3) is 5.56 Å². The monoisotopic (exact) mass is 369 g/mol. The van der Waals surface area contributed by atoms with Crippen LogP contribution >= 0.6 is 0 Å². The Bertz CT molecular complexity index is 1020. The molecule has 3 rings (SSSR count). The number of aromatic nitrogens is 2. The van der Waals surface area contributed by atoms with Crippen LogP contribution in [0.1, 0.15) is 5.56 Å². The van der Waals surface area contributed by atoms with E-state index in [1.165, 1.54) is 10.7 Å². The smallest absolute Gasteiger partial charge is 0.266 e. The van der Waals surface area contributed by atoms with E-state index in [2.05, 4.69) is 9.82 Å². The van der Waals surface area contributed by atoms with Crippen molar-refractivity contribution in [3.05, 3.63) is 88.7 Å². The van der Waals surface area contributed by atoms with Crippen LogP contribution in [-0.4, -0.2) is 24.7 Å². The van der Waals surface area contributed by atoms with Crippen molar-refractivity contribution in [3.63, 3.8) is 0 Å². The third-order valence-electron chi connectivity index (χ3n) is 3.78. The van der Waals surface area contributed by atoms with Crippen molar-refractivity contribution >= 4 is 10.0 Å². The lowest BCUT2D eigenvalue weighted by molar-refractivity contribution is 0.548. The second-order valence-electron chi connectivity index (χ2n) is 5.79. The van der Waals surface area contributed by atoms with E-state index in [1.54, 1.807) is 30.3 Å². The zero-order valence-electron chi connectivity index (χ0n) is 14.1. The van der Waals surface area contributed by atoms with E-state index in [9.17, 15) is 13.2 Å². The minimum atomic E-state index is -3.47. The number of hydrogen-bond acceptors (Lipinski definition) is 4. The van der Waals surface area contributed by atoms with Gasteiger partial charge in [-0.15, -0.1) is 0 Å². The molecule has 0 unspecified atom stereocenters. The summed E-state index contributed by atoms with van der Waals surface area (Å²) < 4.78 is 28.1. The molecule has 2 aromatic carbocycles. The van der Waals surface area contributed by atoms with E-state index in [0.717, 1.165) is 5.56 Å². The molecule has 0 aliphatic heterocycles. The van der Waals surface area contributed by atoms with E-state index >= 15 is 0 Å². The fourth-order valence-corrected chi connectivity index (χ4v) is 3.66. The van der Waals surface area contributed by atoms with Gasteiger partial charge in [-0.25, -0.2) is 17.8 Å². The summed E-state index contributed by atoms with van der Waals surface area (Å²) in [6.45, 7) is 0.258. The summed E-state index contributed by atoms with van der Waals surface area (Å²) in [6.07, 6.45) is 0. The summed E-state index contributed by atoms with van der Waals surface area (Å²) in [5.41, 5.74) is 2.00. The van der Waals surface area contributed by atoms with E-state index in [1.807, 2.05) is 36.4 Å². The molecule has 0 aliphatic rings. The van der Waals surface area contributed by atoms with Crippen LogP contribution in [0, 0.1) is 0 Å². The average Bonchev–Trinajstić information content (AvgIpc) is 2.64. The molecular weight excluding hydrogens is 350 g/mol. The summed E-state index contributed by atoms with van der Waals surface area (Å²) in [5, 5.41) is 4.32. The first-order valence-corrected chi connectivity index (χ1v) is 9.84. The normalized spacial score (nSPS) is 11.4. The van der Waals surface area contributed by atoms with Crippen LogP contribution in [0.15, 0.2) is 77.6 Å². The minimum absolute atomic E-state index is 0.0970. The quantitative estimate of drug-likeness (QED) is 0.691. The highest BCUT2D eigenvalue weighted by Crippen LogP contribution is 2.13. The van der Waals surface area contributed by atoms with Gasteiger partial charge in [-0.05, 0) is 11.6 Å². The predicted molar refractivity (Wildman–Crippen MR) is 101 cm³/mol. The Balaban J connectivity index is 1.65. The fourth-order valence-electron chi connectivity index (χ4n) is 2.52. The highest BCUT2D eigenvalue weighted by atomic mass is 32.2. The van der Waals surface area contributed by atoms with Gasteiger partial charge in [0.15, 0.2) is 0 Å². The Labute approximate surface area is 152 Å². The van der Waals surface area contributed by atoms with Crippen molar-refractivity contribution in [2.24, 2.45) is 0 Å². The van der Waals surface area contributed by atoms with Crippen LogP contribution in [0.25, 0.3) is 11.3 Å². The molecule has 0 atom stereocenters. The van der Waals surface area contributed by atoms with Gasteiger partial charge < -0.3 is 0 Å². The molecule has 0 saturated carbocycles. The number of sulfonamides is 1. The van der Waals surface area contributed by atoms with Crippen LogP contribution < -0.4 is 10.3 Å². The maximum atomic E-state index is 12.1. The number of nitrogens with one attached hydrogen (secondary N) is 1. The Hall–Kier alpha value is -2.77. The van der Waals surface area contributed by atoms with Crippen molar-refractivity contribution < 1.29 is 8.42 Å². The Morgan fingerprint density at radius 2 is 1.54 bits per heavy atom. The van der Waals surface area contributed by atoms with E-state index in [-0.39, 0.29) is 24.4 Å². The molecule has 26 heavy (non-hydrogen) atoms. The second-order valence-corrected chi connectivity index (χ2v) is 7.59. The summed E-state index contributed by atoms with van der Waals surface area (Å²) >= 11 is 0. The Kier molecular flexibility index (Phi) is 5.60. The zero-order valence-corrected chi connectivity index (χ0v) is 14.9.